The quantitative estimate of drug-likeness (QED) is 0.743. The SMILES string of the molecule is O=C(CCCN1C(=O)CNC1=O)NCCc1ccc(Cl)cc1. The third-order valence-corrected chi connectivity index (χ3v) is 3.62. The number of hydrogen-bond donors (Lipinski definition) is 2. The lowest BCUT2D eigenvalue weighted by Crippen LogP contribution is -2.33. The number of carbonyl (C=O) groups excluding carboxylic acids is 3. The number of nitrogens with zero attached hydrogens (tertiary/aromatic N) is 1. The maximum Gasteiger partial charge on any atom is 0.324 e. The van der Waals surface area contributed by atoms with E-state index >= 15 is 0 Å². The maximum atomic E-state index is 11.7. The van der Waals surface area contributed by atoms with Crippen LogP contribution in [0.1, 0.15) is 18.4 Å². The zero-order valence-corrected chi connectivity index (χ0v) is 12.9. The van der Waals surface area contributed by atoms with Gasteiger partial charge in [-0.2, -0.15) is 0 Å². The van der Waals surface area contributed by atoms with Crippen LogP contribution in [0.4, 0.5) is 4.79 Å². The highest BCUT2D eigenvalue weighted by Gasteiger charge is 2.27. The Labute approximate surface area is 133 Å². The Balaban J connectivity index is 1.61. The molecule has 0 aliphatic carbocycles. The van der Waals surface area contributed by atoms with Crippen LogP contribution in [0, 0.1) is 0 Å². The van der Waals surface area contributed by atoms with E-state index in [-0.39, 0.29) is 37.4 Å². The zero-order chi connectivity index (χ0) is 15.9. The lowest BCUT2D eigenvalue weighted by molar-refractivity contribution is -0.126. The topological polar surface area (TPSA) is 78.5 Å². The Morgan fingerprint density at radius 2 is 2.00 bits per heavy atom. The average molecular weight is 324 g/mol. The van der Waals surface area contributed by atoms with Crippen molar-refractivity contribution in [2.24, 2.45) is 0 Å². The predicted octanol–water partition coefficient (Wildman–Crippen LogP) is 1.33. The van der Waals surface area contributed by atoms with Crippen molar-refractivity contribution in [3.05, 3.63) is 34.9 Å². The summed E-state index contributed by atoms with van der Waals surface area (Å²) in [5, 5.41) is 5.95. The van der Waals surface area contributed by atoms with Gasteiger partial charge in [0.1, 0.15) is 0 Å². The lowest BCUT2D eigenvalue weighted by Gasteiger charge is -2.11. The molecule has 0 aromatic heterocycles. The van der Waals surface area contributed by atoms with E-state index in [0.29, 0.717) is 18.0 Å². The molecule has 1 aromatic rings. The van der Waals surface area contributed by atoms with E-state index in [1.807, 2.05) is 24.3 Å². The third kappa shape index (κ3) is 4.73. The Morgan fingerprint density at radius 1 is 1.27 bits per heavy atom. The Kier molecular flexibility index (Phi) is 5.77. The molecule has 7 heteroatoms. The summed E-state index contributed by atoms with van der Waals surface area (Å²) >= 11 is 5.80. The van der Waals surface area contributed by atoms with Crippen molar-refractivity contribution in [3.8, 4) is 0 Å². The van der Waals surface area contributed by atoms with Crippen molar-refractivity contribution < 1.29 is 14.4 Å². The predicted molar refractivity (Wildman–Crippen MR) is 82.5 cm³/mol. The van der Waals surface area contributed by atoms with Crippen LogP contribution in [-0.2, 0) is 16.0 Å². The van der Waals surface area contributed by atoms with Crippen molar-refractivity contribution >= 4 is 29.4 Å². The third-order valence-electron chi connectivity index (χ3n) is 3.37. The van der Waals surface area contributed by atoms with Gasteiger partial charge < -0.3 is 10.6 Å². The molecule has 1 fully saturated rings. The molecule has 118 valence electrons. The second-order valence-electron chi connectivity index (χ2n) is 5.03. The summed E-state index contributed by atoms with van der Waals surface area (Å²) in [6.07, 6.45) is 1.49. The van der Waals surface area contributed by atoms with Crippen LogP contribution < -0.4 is 10.6 Å². The molecular formula is C15H18ClN3O3. The average Bonchev–Trinajstić information content (AvgIpc) is 2.81. The molecule has 1 heterocycles. The molecule has 0 radical (unpaired) electrons. The first kappa shape index (κ1) is 16.3. The van der Waals surface area contributed by atoms with Gasteiger partial charge in [0.05, 0.1) is 6.54 Å². The second-order valence-corrected chi connectivity index (χ2v) is 5.47. The minimum atomic E-state index is -0.381. The molecule has 4 amide bonds. The highest BCUT2D eigenvalue weighted by molar-refractivity contribution is 6.30. The summed E-state index contributed by atoms with van der Waals surface area (Å²) in [6, 6.07) is 7.10. The van der Waals surface area contributed by atoms with E-state index in [1.165, 1.54) is 0 Å². The first-order chi connectivity index (χ1) is 10.6. The van der Waals surface area contributed by atoms with Gasteiger partial charge >= 0.3 is 6.03 Å². The van der Waals surface area contributed by atoms with Crippen molar-refractivity contribution in [1.29, 1.82) is 0 Å². The number of halogens is 1. The van der Waals surface area contributed by atoms with E-state index in [9.17, 15) is 14.4 Å². The van der Waals surface area contributed by atoms with Crippen molar-refractivity contribution in [1.82, 2.24) is 15.5 Å². The summed E-state index contributed by atoms with van der Waals surface area (Å²) in [7, 11) is 0. The van der Waals surface area contributed by atoms with Gasteiger partial charge in [-0.1, -0.05) is 23.7 Å². The number of hydrogen-bond acceptors (Lipinski definition) is 3. The first-order valence-electron chi connectivity index (χ1n) is 7.15. The van der Waals surface area contributed by atoms with E-state index in [2.05, 4.69) is 10.6 Å². The van der Waals surface area contributed by atoms with E-state index in [0.717, 1.165) is 16.9 Å². The molecule has 6 nitrogen and oxygen atoms in total. The summed E-state index contributed by atoms with van der Waals surface area (Å²) in [5.74, 6) is -0.325. The number of benzene rings is 1. The monoisotopic (exact) mass is 323 g/mol. The van der Waals surface area contributed by atoms with Crippen LogP contribution in [0.2, 0.25) is 5.02 Å². The molecule has 2 N–H and O–H groups in total. The molecule has 0 atom stereocenters. The summed E-state index contributed by atoms with van der Waals surface area (Å²) in [5.41, 5.74) is 1.10. The van der Waals surface area contributed by atoms with Gasteiger partial charge in [-0.25, -0.2) is 4.79 Å². The van der Waals surface area contributed by atoms with Gasteiger partial charge in [0.2, 0.25) is 11.8 Å². The van der Waals surface area contributed by atoms with E-state index in [4.69, 9.17) is 11.6 Å². The Morgan fingerprint density at radius 3 is 2.64 bits per heavy atom. The fourth-order valence-electron chi connectivity index (χ4n) is 2.17. The molecule has 1 aliphatic rings. The highest BCUT2D eigenvalue weighted by atomic mass is 35.5. The number of urea groups is 1. The number of nitrogens with one attached hydrogen (secondary N) is 2. The lowest BCUT2D eigenvalue weighted by atomic mass is 10.1. The molecule has 2 rings (SSSR count). The number of rotatable bonds is 7. The Hall–Kier alpha value is -2.08. The molecule has 0 spiro atoms. The summed E-state index contributed by atoms with van der Waals surface area (Å²) in [6.45, 7) is 0.866. The minimum Gasteiger partial charge on any atom is -0.356 e. The van der Waals surface area contributed by atoms with Gasteiger partial charge in [0.15, 0.2) is 0 Å². The smallest absolute Gasteiger partial charge is 0.324 e. The number of carbonyl (C=O) groups is 3. The van der Waals surface area contributed by atoms with Gasteiger partial charge in [0.25, 0.3) is 0 Å². The van der Waals surface area contributed by atoms with E-state index < -0.39 is 0 Å². The fourth-order valence-corrected chi connectivity index (χ4v) is 2.29. The molecule has 0 saturated carbocycles. The van der Waals surface area contributed by atoms with Gasteiger partial charge in [0, 0.05) is 24.5 Å². The molecular weight excluding hydrogens is 306 g/mol. The van der Waals surface area contributed by atoms with Gasteiger partial charge in [-0.05, 0) is 30.5 Å². The van der Waals surface area contributed by atoms with Crippen LogP contribution >= 0.6 is 11.6 Å². The van der Waals surface area contributed by atoms with Gasteiger partial charge in [-0.3, -0.25) is 14.5 Å². The molecule has 0 bridgehead atoms. The fraction of sp³-hybridized carbons (Fsp3) is 0.400. The largest absolute Gasteiger partial charge is 0.356 e. The van der Waals surface area contributed by atoms with Crippen LogP contribution in [0.15, 0.2) is 24.3 Å². The summed E-state index contributed by atoms with van der Waals surface area (Å²) < 4.78 is 0. The van der Waals surface area contributed by atoms with Crippen molar-refractivity contribution in [3.63, 3.8) is 0 Å². The molecule has 1 saturated heterocycles. The van der Waals surface area contributed by atoms with Crippen LogP contribution in [0.3, 0.4) is 0 Å². The van der Waals surface area contributed by atoms with Crippen LogP contribution in [0.5, 0.6) is 0 Å². The van der Waals surface area contributed by atoms with Crippen LogP contribution in [0.25, 0.3) is 0 Å². The molecule has 1 aromatic carbocycles. The van der Waals surface area contributed by atoms with E-state index in [1.54, 1.807) is 0 Å². The first-order valence-corrected chi connectivity index (χ1v) is 7.53. The normalized spacial score (nSPS) is 14.1. The molecule has 0 unspecified atom stereocenters. The van der Waals surface area contributed by atoms with Crippen molar-refractivity contribution in [2.45, 2.75) is 19.3 Å². The van der Waals surface area contributed by atoms with Crippen molar-refractivity contribution in [2.75, 3.05) is 19.6 Å². The second kappa shape index (κ2) is 7.79. The highest BCUT2D eigenvalue weighted by Crippen LogP contribution is 2.09. The standard InChI is InChI=1S/C15H18ClN3O3/c16-12-5-3-11(4-6-12)7-8-17-13(20)2-1-9-19-14(21)10-18-15(19)22/h3-6H,1-2,7-10H2,(H,17,20)(H,18,22). The van der Waals surface area contributed by atoms with Crippen LogP contribution in [-0.4, -0.2) is 42.4 Å². The molecule has 22 heavy (non-hydrogen) atoms. The minimum absolute atomic E-state index is 0.0477. The van der Waals surface area contributed by atoms with Gasteiger partial charge in [-0.15, -0.1) is 0 Å². The summed E-state index contributed by atoms with van der Waals surface area (Å²) in [4.78, 5) is 35.5. The molecule has 1 aliphatic heterocycles. The zero-order valence-electron chi connectivity index (χ0n) is 12.1. The Bertz CT molecular complexity index is 544. The number of imide groups is 1. The maximum absolute atomic E-state index is 11.7. The number of amides is 4.